The zero-order chi connectivity index (χ0) is 15.8. The molecule has 0 spiro atoms. The molecule has 0 saturated heterocycles. The number of hydrogen-bond acceptors (Lipinski definition) is 2. The van der Waals surface area contributed by atoms with Crippen molar-refractivity contribution < 1.29 is 9.53 Å². The molecule has 0 aliphatic carbocycles. The second-order valence-corrected chi connectivity index (χ2v) is 6.22. The lowest BCUT2D eigenvalue weighted by Gasteiger charge is -2.26. The van der Waals surface area contributed by atoms with Crippen LogP contribution in [0.1, 0.15) is 41.0 Å². The fourth-order valence-electron chi connectivity index (χ4n) is 2.56. The molecule has 1 aromatic carbocycles. The van der Waals surface area contributed by atoms with Crippen molar-refractivity contribution in [1.29, 1.82) is 0 Å². The maximum atomic E-state index is 12.3. The third-order valence-corrected chi connectivity index (χ3v) is 3.91. The molecule has 1 atom stereocenters. The maximum absolute atomic E-state index is 12.3. The van der Waals surface area contributed by atoms with Crippen molar-refractivity contribution in [2.75, 3.05) is 6.54 Å². The Kier molecular flexibility index (Phi) is 7.27. The molecule has 0 bridgehead atoms. The van der Waals surface area contributed by atoms with Gasteiger partial charge in [-0.2, -0.15) is 0 Å². The van der Waals surface area contributed by atoms with E-state index in [1.807, 2.05) is 37.3 Å². The number of ether oxygens (including phenoxy) is 1. The van der Waals surface area contributed by atoms with Crippen molar-refractivity contribution in [2.24, 2.45) is 17.8 Å². The molecule has 1 unspecified atom stereocenters. The number of rotatable bonds is 8. The molecule has 3 heteroatoms. The van der Waals surface area contributed by atoms with Crippen LogP contribution in [-0.2, 0) is 4.79 Å². The molecule has 21 heavy (non-hydrogen) atoms. The first kappa shape index (κ1) is 17.5. The Morgan fingerprint density at radius 1 is 1.10 bits per heavy atom. The molecule has 3 nitrogen and oxygen atoms in total. The highest BCUT2D eigenvalue weighted by Crippen LogP contribution is 2.19. The Bertz CT molecular complexity index is 406. The van der Waals surface area contributed by atoms with E-state index in [-0.39, 0.29) is 5.91 Å². The average molecular weight is 291 g/mol. The van der Waals surface area contributed by atoms with Gasteiger partial charge in [0.25, 0.3) is 5.91 Å². The smallest absolute Gasteiger partial charge is 0.261 e. The van der Waals surface area contributed by atoms with Crippen molar-refractivity contribution in [3.8, 4) is 5.75 Å². The molecular weight excluding hydrogens is 262 g/mol. The fourth-order valence-corrected chi connectivity index (χ4v) is 2.56. The van der Waals surface area contributed by atoms with Gasteiger partial charge in [-0.05, 0) is 36.3 Å². The molecule has 0 aromatic heterocycles. The highest BCUT2D eigenvalue weighted by Gasteiger charge is 2.22. The summed E-state index contributed by atoms with van der Waals surface area (Å²) in [7, 11) is 0. The number of para-hydroxylation sites is 1. The van der Waals surface area contributed by atoms with Crippen molar-refractivity contribution >= 4 is 5.91 Å². The Morgan fingerprint density at radius 2 is 1.67 bits per heavy atom. The van der Waals surface area contributed by atoms with Gasteiger partial charge in [0.15, 0.2) is 6.10 Å². The van der Waals surface area contributed by atoms with Gasteiger partial charge in [0.1, 0.15) is 5.75 Å². The van der Waals surface area contributed by atoms with E-state index < -0.39 is 6.10 Å². The molecule has 1 aromatic rings. The summed E-state index contributed by atoms with van der Waals surface area (Å²) in [4.78, 5) is 12.3. The van der Waals surface area contributed by atoms with Crippen LogP contribution in [0.15, 0.2) is 30.3 Å². The topological polar surface area (TPSA) is 38.3 Å². The largest absolute Gasteiger partial charge is 0.481 e. The summed E-state index contributed by atoms with van der Waals surface area (Å²) in [5.41, 5.74) is 0. The van der Waals surface area contributed by atoms with Crippen molar-refractivity contribution in [1.82, 2.24) is 5.32 Å². The van der Waals surface area contributed by atoms with E-state index >= 15 is 0 Å². The lowest BCUT2D eigenvalue weighted by atomic mass is 9.85. The third kappa shape index (κ3) is 5.78. The first-order valence-corrected chi connectivity index (χ1v) is 7.95. The molecule has 0 radical (unpaired) electrons. The number of carbonyl (C=O) groups excluding carboxylic acids is 1. The van der Waals surface area contributed by atoms with Crippen LogP contribution in [0, 0.1) is 17.8 Å². The second kappa shape index (κ2) is 8.71. The summed E-state index contributed by atoms with van der Waals surface area (Å²) in [6.07, 6.45) is 0.238. The van der Waals surface area contributed by atoms with Crippen LogP contribution in [-0.4, -0.2) is 18.6 Å². The predicted octanol–water partition coefficient (Wildman–Crippen LogP) is 3.89. The zero-order valence-electron chi connectivity index (χ0n) is 13.9. The van der Waals surface area contributed by atoms with Gasteiger partial charge in [-0.1, -0.05) is 52.8 Å². The molecule has 0 aliphatic rings. The number of hydrogen-bond donors (Lipinski definition) is 1. The van der Waals surface area contributed by atoms with Gasteiger partial charge in [-0.25, -0.2) is 0 Å². The third-order valence-electron chi connectivity index (χ3n) is 3.91. The fraction of sp³-hybridized carbons (Fsp3) is 0.611. The molecule has 0 saturated carbocycles. The van der Waals surface area contributed by atoms with E-state index in [1.54, 1.807) is 0 Å². The second-order valence-electron chi connectivity index (χ2n) is 6.22. The molecule has 0 aliphatic heterocycles. The standard InChI is InChI=1S/C18H29NO2/c1-6-17(21-15-10-8-7-9-11-15)18(20)19-12-16(13(2)3)14(4)5/h7-11,13-14,16-17H,6,12H2,1-5H3,(H,19,20). The summed E-state index contributed by atoms with van der Waals surface area (Å²) < 4.78 is 5.77. The Morgan fingerprint density at radius 3 is 2.14 bits per heavy atom. The Labute approximate surface area is 129 Å². The number of nitrogens with one attached hydrogen (secondary N) is 1. The van der Waals surface area contributed by atoms with Gasteiger partial charge in [0.05, 0.1) is 0 Å². The summed E-state index contributed by atoms with van der Waals surface area (Å²) >= 11 is 0. The van der Waals surface area contributed by atoms with E-state index in [0.29, 0.717) is 30.7 Å². The highest BCUT2D eigenvalue weighted by molar-refractivity contribution is 5.81. The minimum Gasteiger partial charge on any atom is -0.481 e. The van der Waals surface area contributed by atoms with Gasteiger partial charge in [0.2, 0.25) is 0 Å². The van der Waals surface area contributed by atoms with E-state index in [9.17, 15) is 4.79 Å². The minimum absolute atomic E-state index is 0.0207. The minimum atomic E-state index is -0.424. The van der Waals surface area contributed by atoms with Crippen molar-refractivity contribution in [2.45, 2.75) is 47.1 Å². The number of amides is 1. The van der Waals surface area contributed by atoms with Crippen molar-refractivity contribution in [3.63, 3.8) is 0 Å². The quantitative estimate of drug-likeness (QED) is 0.789. The van der Waals surface area contributed by atoms with E-state index in [1.165, 1.54) is 0 Å². The first-order valence-electron chi connectivity index (χ1n) is 7.95. The Balaban J connectivity index is 2.55. The number of carbonyl (C=O) groups is 1. The van der Waals surface area contributed by atoms with E-state index in [4.69, 9.17) is 4.74 Å². The van der Waals surface area contributed by atoms with E-state index in [2.05, 4.69) is 33.0 Å². The van der Waals surface area contributed by atoms with Gasteiger partial charge < -0.3 is 10.1 Å². The summed E-state index contributed by atoms with van der Waals surface area (Å²) in [5, 5.41) is 3.05. The van der Waals surface area contributed by atoms with E-state index in [0.717, 1.165) is 5.75 Å². The van der Waals surface area contributed by atoms with Gasteiger partial charge >= 0.3 is 0 Å². The lowest BCUT2D eigenvalue weighted by Crippen LogP contribution is -2.42. The Hall–Kier alpha value is -1.51. The van der Waals surface area contributed by atoms with Crippen molar-refractivity contribution in [3.05, 3.63) is 30.3 Å². The number of benzene rings is 1. The van der Waals surface area contributed by atoms with Crippen LogP contribution in [0.25, 0.3) is 0 Å². The van der Waals surface area contributed by atoms with Crippen LogP contribution < -0.4 is 10.1 Å². The first-order chi connectivity index (χ1) is 9.95. The van der Waals surface area contributed by atoms with Gasteiger partial charge in [0, 0.05) is 6.54 Å². The SMILES string of the molecule is CCC(Oc1ccccc1)C(=O)NCC(C(C)C)C(C)C. The summed E-state index contributed by atoms with van der Waals surface area (Å²) in [6, 6.07) is 9.51. The molecule has 1 amide bonds. The van der Waals surface area contributed by atoms with Gasteiger partial charge in [-0.3, -0.25) is 4.79 Å². The van der Waals surface area contributed by atoms with Crippen LogP contribution in [0.2, 0.25) is 0 Å². The lowest BCUT2D eigenvalue weighted by molar-refractivity contribution is -0.128. The van der Waals surface area contributed by atoms with Crippen LogP contribution in [0.3, 0.4) is 0 Å². The zero-order valence-corrected chi connectivity index (χ0v) is 13.9. The summed E-state index contributed by atoms with van der Waals surface area (Å²) in [6.45, 7) is 11.5. The molecule has 118 valence electrons. The molecule has 1 rings (SSSR count). The van der Waals surface area contributed by atoms with Gasteiger partial charge in [-0.15, -0.1) is 0 Å². The monoisotopic (exact) mass is 291 g/mol. The van der Waals surface area contributed by atoms with Crippen LogP contribution >= 0.6 is 0 Å². The molecular formula is C18H29NO2. The molecule has 0 heterocycles. The predicted molar refractivity (Wildman–Crippen MR) is 87.3 cm³/mol. The maximum Gasteiger partial charge on any atom is 0.261 e. The normalized spacial score (nSPS) is 12.8. The highest BCUT2D eigenvalue weighted by atomic mass is 16.5. The van der Waals surface area contributed by atoms with Crippen LogP contribution in [0.5, 0.6) is 5.75 Å². The molecule has 1 N–H and O–H groups in total. The summed E-state index contributed by atoms with van der Waals surface area (Å²) in [5.74, 6) is 2.32. The molecule has 0 fully saturated rings. The average Bonchev–Trinajstić information content (AvgIpc) is 2.45. The van der Waals surface area contributed by atoms with Crippen LogP contribution in [0.4, 0.5) is 0 Å².